The Labute approximate surface area is 136 Å². The maximum atomic E-state index is 12.3. The molecule has 0 spiro atoms. The minimum Gasteiger partial charge on any atom is -0.448 e. The third-order valence-corrected chi connectivity index (χ3v) is 4.35. The number of ether oxygens (including phenoxy) is 1. The number of hydrogen-bond acceptors (Lipinski definition) is 4. The molecule has 0 radical (unpaired) electrons. The molecule has 126 valence electrons. The van der Waals surface area contributed by atoms with Crippen molar-refractivity contribution in [2.75, 3.05) is 0 Å². The number of aryl methyl sites for hydroxylation is 1. The minimum atomic E-state index is -0.869. The van der Waals surface area contributed by atoms with Crippen molar-refractivity contribution in [3.05, 3.63) is 22.5 Å². The van der Waals surface area contributed by atoms with Gasteiger partial charge in [0.25, 0.3) is 5.91 Å². The van der Waals surface area contributed by atoms with Crippen molar-refractivity contribution in [2.24, 2.45) is 0 Å². The molecule has 23 heavy (non-hydrogen) atoms. The van der Waals surface area contributed by atoms with E-state index in [1.807, 2.05) is 0 Å². The molecule has 0 bridgehead atoms. The molecule has 1 saturated carbocycles. The Bertz CT molecular complexity index is 627. The topological polar surface area (TPSA) is 88.3 Å². The van der Waals surface area contributed by atoms with Gasteiger partial charge in [-0.15, -0.1) is 0 Å². The van der Waals surface area contributed by atoms with Gasteiger partial charge in [0.05, 0.1) is 0 Å². The van der Waals surface area contributed by atoms with Crippen LogP contribution in [0.5, 0.6) is 0 Å². The molecule has 1 heterocycles. The molecule has 6 nitrogen and oxygen atoms in total. The standard InChI is InChI=1S/C17H24N2O4/c1-9-14(11(3)20)10(2)18-15(9)17(22)23-12(4)16(21)19-13-7-5-6-8-13/h12-13,18H,5-8H2,1-4H3,(H,19,21)/t12-/m0/s1. The highest BCUT2D eigenvalue weighted by atomic mass is 16.5. The Balaban J connectivity index is 2.02. The van der Waals surface area contributed by atoms with Gasteiger partial charge in [0.2, 0.25) is 0 Å². The van der Waals surface area contributed by atoms with E-state index in [0.717, 1.165) is 25.7 Å². The van der Waals surface area contributed by atoms with Crippen LogP contribution in [0.2, 0.25) is 0 Å². The number of carbonyl (C=O) groups excluding carboxylic acids is 3. The van der Waals surface area contributed by atoms with Gasteiger partial charge in [-0.2, -0.15) is 0 Å². The Morgan fingerprint density at radius 3 is 2.35 bits per heavy atom. The molecule has 1 aromatic heterocycles. The molecule has 1 aliphatic rings. The van der Waals surface area contributed by atoms with E-state index in [1.54, 1.807) is 20.8 Å². The highest BCUT2D eigenvalue weighted by Gasteiger charge is 2.26. The number of ketones is 1. The number of amides is 1. The molecule has 1 fully saturated rings. The van der Waals surface area contributed by atoms with Gasteiger partial charge in [0.1, 0.15) is 5.69 Å². The van der Waals surface area contributed by atoms with E-state index in [0.29, 0.717) is 16.8 Å². The summed E-state index contributed by atoms with van der Waals surface area (Å²) in [6.07, 6.45) is 3.32. The summed E-state index contributed by atoms with van der Waals surface area (Å²) in [5.74, 6) is -1.01. The van der Waals surface area contributed by atoms with Gasteiger partial charge in [-0.1, -0.05) is 12.8 Å². The maximum Gasteiger partial charge on any atom is 0.355 e. The molecule has 0 saturated heterocycles. The molecule has 1 atom stereocenters. The Kier molecular flexibility index (Phi) is 5.23. The van der Waals surface area contributed by atoms with Gasteiger partial charge in [-0.3, -0.25) is 9.59 Å². The van der Waals surface area contributed by atoms with Crippen molar-refractivity contribution in [3.8, 4) is 0 Å². The molecule has 0 aromatic carbocycles. The lowest BCUT2D eigenvalue weighted by atomic mass is 10.1. The minimum absolute atomic E-state index is 0.109. The molecule has 2 rings (SSSR count). The predicted octanol–water partition coefficient (Wildman–Crippen LogP) is 2.44. The van der Waals surface area contributed by atoms with Crippen LogP contribution in [0, 0.1) is 13.8 Å². The Morgan fingerprint density at radius 1 is 1.22 bits per heavy atom. The van der Waals surface area contributed by atoms with Crippen LogP contribution in [0.3, 0.4) is 0 Å². The number of aromatic nitrogens is 1. The molecule has 0 aliphatic heterocycles. The summed E-state index contributed by atoms with van der Waals surface area (Å²) in [5, 5.41) is 2.90. The average Bonchev–Trinajstić information content (AvgIpc) is 3.06. The molecular weight excluding hydrogens is 296 g/mol. The highest BCUT2D eigenvalue weighted by molar-refractivity contribution is 6.01. The highest BCUT2D eigenvalue weighted by Crippen LogP contribution is 2.20. The smallest absolute Gasteiger partial charge is 0.355 e. The average molecular weight is 320 g/mol. The lowest BCUT2D eigenvalue weighted by molar-refractivity contribution is -0.129. The van der Waals surface area contributed by atoms with E-state index in [9.17, 15) is 14.4 Å². The molecule has 2 N–H and O–H groups in total. The fourth-order valence-electron chi connectivity index (χ4n) is 3.14. The van der Waals surface area contributed by atoms with Crippen molar-refractivity contribution in [1.29, 1.82) is 0 Å². The van der Waals surface area contributed by atoms with Gasteiger partial charge in [0.15, 0.2) is 11.9 Å². The first-order valence-electron chi connectivity index (χ1n) is 8.02. The zero-order valence-corrected chi connectivity index (χ0v) is 14.1. The van der Waals surface area contributed by atoms with Crippen LogP contribution in [0.4, 0.5) is 0 Å². The van der Waals surface area contributed by atoms with Gasteiger partial charge < -0.3 is 15.0 Å². The summed E-state index contributed by atoms with van der Waals surface area (Å²) in [4.78, 5) is 38.8. The van der Waals surface area contributed by atoms with Crippen LogP contribution in [0.1, 0.15) is 71.6 Å². The summed E-state index contributed by atoms with van der Waals surface area (Å²) >= 11 is 0. The zero-order valence-electron chi connectivity index (χ0n) is 14.1. The number of carbonyl (C=O) groups is 3. The molecule has 0 unspecified atom stereocenters. The number of nitrogens with one attached hydrogen (secondary N) is 2. The molecule has 1 aliphatic carbocycles. The maximum absolute atomic E-state index is 12.3. The third-order valence-electron chi connectivity index (χ3n) is 4.35. The van der Waals surface area contributed by atoms with Crippen molar-refractivity contribution < 1.29 is 19.1 Å². The fraction of sp³-hybridized carbons (Fsp3) is 0.588. The number of hydrogen-bond donors (Lipinski definition) is 2. The first-order chi connectivity index (χ1) is 10.8. The van der Waals surface area contributed by atoms with Gasteiger partial charge >= 0.3 is 5.97 Å². The number of H-pyrrole nitrogens is 1. The quantitative estimate of drug-likeness (QED) is 0.644. The van der Waals surface area contributed by atoms with Crippen molar-refractivity contribution >= 4 is 17.7 Å². The number of Topliss-reactive ketones (excluding diaryl/α,β-unsaturated/α-hetero) is 1. The van der Waals surface area contributed by atoms with Crippen molar-refractivity contribution in [2.45, 2.75) is 65.5 Å². The van der Waals surface area contributed by atoms with Crippen molar-refractivity contribution in [1.82, 2.24) is 10.3 Å². The molecule has 1 amide bonds. The normalized spacial score (nSPS) is 16.2. The third kappa shape index (κ3) is 3.81. The second-order valence-corrected chi connectivity index (χ2v) is 6.22. The monoisotopic (exact) mass is 320 g/mol. The van der Waals surface area contributed by atoms with E-state index < -0.39 is 12.1 Å². The van der Waals surface area contributed by atoms with Crippen LogP contribution in [-0.4, -0.2) is 34.8 Å². The second-order valence-electron chi connectivity index (χ2n) is 6.22. The zero-order chi connectivity index (χ0) is 17.1. The van der Waals surface area contributed by atoms with Crippen LogP contribution in [0.25, 0.3) is 0 Å². The Hall–Kier alpha value is -2.11. The lowest BCUT2D eigenvalue weighted by Crippen LogP contribution is -2.40. The Morgan fingerprint density at radius 2 is 1.83 bits per heavy atom. The lowest BCUT2D eigenvalue weighted by Gasteiger charge is -2.17. The molecule has 6 heteroatoms. The molecular formula is C17H24N2O4. The van der Waals surface area contributed by atoms with E-state index in [2.05, 4.69) is 10.3 Å². The summed E-state index contributed by atoms with van der Waals surface area (Å²) in [6, 6.07) is 0.183. The van der Waals surface area contributed by atoms with Crippen LogP contribution in [-0.2, 0) is 9.53 Å². The first kappa shape index (κ1) is 17.2. The largest absolute Gasteiger partial charge is 0.448 e. The summed E-state index contributed by atoms with van der Waals surface area (Å²) in [6.45, 7) is 6.44. The number of aromatic amines is 1. The van der Waals surface area contributed by atoms with E-state index >= 15 is 0 Å². The summed E-state index contributed by atoms with van der Waals surface area (Å²) in [7, 11) is 0. The molecule has 1 aromatic rings. The van der Waals surface area contributed by atoms with Crippen LogP contribution in [0.15, 0.2) is 0 Å². The second kappa shape index (κ2) is 6.98. The van der Waals surface area contributed by atoms with Gasteiger partial charge in [-0.25, -0.2) is 4.79 Å². The van der Waals surface area contributed by atoms with Gasteiger partial charge in [-0.05, 0) is 46.1 Å². The predicted molar refractivity (Wildman–Crippen MR) is 85.5 cm³/mol. The SMILES string of the molecule is CC(=O)c1c(C)[nH]c(C(=O)O[C@@H](C)C(=O)NC2CCCC2)c1C. The van der Waals surface area contributed by atoms with Crippen molar-refractivity contribution in [3.63, 3.8) is 0 Å². The number of rotatable bonds is 5. The van der Waals surface area contributed by atoms with Crippen LogP contribution < -0.4 is 5.32 Å². The number of esters is 1. The van der Waals surface area contributed by atoms with Gasteiger partial charge in [0, 0.05) is 17.3 Å². The van der Waals surface area contributed by atoms with E-state index in [4.69, 9.17) is 4.74 Å². The van der Waals surface area contributed by atoms with E-state index in [-0.39, 0.29) is 23.4 Å². The summed E-state index contributed by atoms with van der Waals surface area (Å²) < 4.78 is 5.24. The van der Waals surface area contributed by atoms with E-state index in [1.165, 1.54) is 6.92 Å². The summed E-state index contributed by atoms with van der Waals surface area (Å²) in [5.41, 5.74) is 1.92. The fourth-order valence-corrected chi connectivity index (χ4v) is 3.14. The van der Waals surface area contributed by atoms with Crippen LogP contribution >= 0.6 is 0 Å². The first-order valence-corrected chi connectivity index (χ1v) is 8.02.